The van der Waals surface area contributed by atoms with Gasteiger partial charge in [-0.05, 0) is 24.5 Å². The van der Waals surface area contributed by atoms with Gasteiger partial charge in [-0.2, -0.15) is 4.98 Å². The summed E-state index contributed by atoms with van der Waals surface area (Å²) in [6, 6.07) is 8.03. The molecule has 23 heavy (non-hydrogen) atoms. The fourth-order valence-corrected chi connectivity index (χ4v) is 2.43. The molecule has 0 fully saturated rings. The molecule has 6 heteroatoms. The summed E-state index contributed by atoms with van der Waals surface area (Å²) in [5.74, 6) is 1.54. The quantitative estimate of drug-likeness (QED) is 0.769. The van der Waals surface area contributed by atoms with Gasteiger partial charge in [0.25, 0.3) is 0 Å². The number of fused-ring (bicyclic) bond motifs is 1. The van der Waals surface area contributed by atoms with Crippen molar-refractivity contribution in [2.24, 2.45) is 0 Å². The SMILES string of the molecule is Cc1cccc2cc(Oc3cnc(N)nc3N)c(C(C)C)nc12. The van der Waals surface area contributed by atoms with Crippen LogP contribution in [0.2, 0.25) is 0 Å². The smallest absolute Gasteiger partial charge is 0.222 e. The number of nitrogens with zero attached hydrogens (tertiary/aromatic N) is 3. The summed E-state index contributed by atoms with van der Waals surface area (Å²) in [4.78, 5) is 12.6. The molecule has 0 aliphatic rings. The number of nitrogen functional groups attached to an aromatic ring is 2. The molecule has 0 spiro atoms. The first-order valence-electron chi connectivity index (χ1n) is 7.42. The summed E-state index contributed by atoms with van der Waals surface area (Å²) >= 11 is 0. The Balaban J connectivity index is 2.13. The molecule has 0 amide bonds. The minimum absolute atomic E-state index is 0.117. The number of para-hydroxylation sites is 1. The molecule has 2 heterocycles. The predicted octanol–water partition coefficient (Wildman–Crippen LogP) is 3.41. The third-order valence-electron chi connectivity index (χ3n) is 3.61. The summed E-state index contributed by atoms with van der Waals surface area (Å²) < 4.78 is 5.94. The summed E-state index contributed by atoms with van der Waals surface area (Å²) in [6.45, 7) is 6.19. The minimum atomic E-state index is 0.117. The lowest BCUT2D eigenvalue weighted by Gasteiger charge is -2.15. The Hall–Kier alpha value is -2.89. The molecule has 0 aliphatic carbocycles. The molecular formula is C17H19N5O. The highest BCUT2D eigenvalue weighted by atomic mass is 16.5. The highest BCUT2D eigenvalue weighted by Crippen LogP contribution is 2.34. The Morgan fingerprint density at radius 3 is 2.57 bits per heavy atom. The topological polar surface area (TPSA) is 99.9 Å². The molecule has 0 saturated heterocycles. The lowest BCUT2D eigenvalue weighted by molar-refractivity contribution is 0.468. The van der Waals surface area contributed by atoms with Crippen molar-refractivity contribution in [3.63, 3.8) is 0 Å². The van der Waals surface area contributed by atoms with Crippen LogP contribution in [-0.2, 0) is 0 Å². The van der Waals surface area contributed by atoms with Crippen LogP contribution in [0.25, 0.3) is 10.9 Å². The molecule has 0 bridgehead atoms. The average Bonchev–Trinajstić information content (AvgIpc) is 2.49. The van der Waals surface area contributed by atoms with Crippen molar-refractivity contribution >= 4 is 22.7 Å². The molecule has 0 radical (unpaired) electrons. The largest absolute Gasteiger partial charge is 0.450 e. The average molecular weight is 309 g/mol. The maximum absolute atomic E-state index is 5.94. The zero-order valence-corrected chi connectivity index (χ0v) is 13.4. The van der Waals surface area contributed by atoms with E-state index in [0.717, 1.165) is 22.2 Å². The minimum Gasteiger partial charge on any atom is -0.450 e. The normalized spacial score (nSPS) is 11.1. The summed E-state index contributed by atoms with van der Waals surface area (Å²) in [5.41, 5.74) is 14.3. The van der Waals surface area contributed by atoms with Gasteiger partial charge in [0.2, 0.25) is 5.95 Å². The molecule has 0 atom stereocenters. The maximum Gasteiger partial charge on any atom is 0.222 e. The van der Waals surface area contributed by atoms with Crippen molar-refractivity contribution in [2.45, 2.75) is 26.7 Å². The molecule has 3 rings (SSSR count). The van der Waals surface area contributed by atoms with Gasteiger partial charge in [-0.3, -0.25) is 0 Å². The van der Waals surface area contributed by atoms with E-state index in [9.17, 15) is 0 Å². The third kappa shape index (κ3) is 2.88. The number of pyridine rings is 1. The monoisotopic (exact) mass is 309 g/mol. The van der Waals surface area contributed by atoms with Crippen LogP contribution in [0.5, 0.6) is 11.5 Å². The molecule has 2 aromatic heterocycles. The van der Waals surface area contributed by atoms with E-state index in [-0.39, 0.29) is 17.7 Å². The van der Waals surface area contributed by atoms with Crippen molar-refractivity contribution < 1.29 is 4.74 Å². The summed E-state index contributed by atoms with van der Waals surface area (Å²) in [6.07, 6.45) is 1.47. The second kappa shape index (κ2) is 5.72. The van der Waals surface area contributed by atoms with E-state index >= 15 is 0 Å². The van der Waals surface area contributed by atoms with Gasteiger partial charge in [0, 0.05) is 5.39 Å². The molecule has 3 aromatic rings. The second-order valence-electron chi connectivity index (χ2n) is 5.75. The first-order valence-corrected chi connectivity index (χ1v) is 7.42. The maximum atomic E-state index is 5.94. The third-order valence-corrected chi connectivity index (χ3v) is 3.61. The van der Waals surface area contributed by atoms with Crippen LogP contribution < -0.4 is 16.2 Å². The van der Waals surface area contributed by atoms with Crippen LogP contribution in [0.3, 0.4) is 0 Å². The number of nitrogens with two attached hydrogens (primary N) is 2. The van der Waals surface area contributed by atoms with Gasteiger partial charge in [-0.25, -0.2) is 9.97 Å². The second-order valence-corrected chi connectivity index (χ2v) is 5.75. The molecule has 0 saturated carbocycles. The number of benzene rings is 1. The van der Waals surface area contributed by atoms with Crippen molar-refractivity contribution in [2.75, 3.05) is 11.5 Å². The van der Waals surface area contributed by atoms with Gasteiger partial charge in [0.05, 0.1) is 17.4 Å². The first kappa shape index (κ1) is 15.0. The number of aryl methyl sites for hydroxylation is 1. The Morgan fingerprint density at radius 1 is 1.09 bits per heavy atom. The van der Waals surface area contributed by atoms with E-state index in [1.165, 1.54) is 6.20 Å². The van der Waals surface area contributed by atoms with E-state index in [2.05, 4.69) is 23.8 Å². The molecule has 118 valence electrons. The molecule has 0 aliphatic heterocycles. The number of hydrogen-bond acceptors (Lipinski definition) is 6. The Labute approximate surface area is 134 Å². The molecular weight excluding hydrogens is 290 g/mol. The molecule has 0 unspecified atom stereocenters. The van der Waals surface area contributed by atoms with E-state index < -0.39 is 0 Å². The number of aromatic nitrogens is 3. The standard InChI is InChI=1S/C17H19N5O/c1-9(2)14-12(23-13-8-20-17(19)22-16(13)18)7-11-6-4-5-10(3)15(11)21-14/h4-9H,1-3H3,(H4,18,19,20,22). The van der Waals surface area contributed by atoms with Crippen LogP contribution >= 0.6 is 0 Å². The summed E-state index contributed by atoms with van der Waals surface area (Å²) in [7, 11) is 0. The van der Waals surface area contributed by atoms with Crippen molar-refractivity contribution in [3.8, 4) is 11.5 Å². The van der Waals surface area contributed by atoms with Gasteiger partial charge in [-0.15, -0.1) is 0 Å². The Kier molecular flexibility index (Phi) is 3.73. The number of hydrogen-bond donors (Lipinski definition) is 2. The number of rotatable bonds is 3. The van der Waals surface area contributed by atoms with E-state index in [4.69, 9.17) is 21.2 Å². The van der Waals surface area contributed by atoms with E-state index in [1.807, 2.05) is 31.2 Å². The van der Waals surface area contributed by atoms with Crippen LogP contribution in [0, 0.1) is 6.92 Å². The van der Waals surface area contributed by atoms with Crippen LogP contribution in [0.1, 0.15) is 31.0 Å². The van der Waals surface area contributed by atoms with Gasteiger partial charge in [0.15, 0.2) is 11.6 Å². The Bertz CT molecular complexity index is 876. The molecule has 4 N–H and O–H groups in total. The van der Waals surface area contributed by atoms with Crippen LogP contribution in [-0.4, -0.2) is 15.0 Å². The van der Waals surface area contributed by atoms with Gasteiger partial charge in [0.1, 0.15) is 5.75 Å². The van der Waals surface area contributed by atoms with Gasteiger partial charge >= 0.3 is 0 Å². The highest BCUT2D eigenvalue weighted by Gasteiger charge is 2.15. The van der Waals surface area contributed by atoms with Crippen molar-refractivity contribution in [1.29, 1.82) is 0 Å². The fraction of sp³-hybridized carbons (Fsp3) is 0.235. The van der Waals surface area contributed by atoms with Crippen LogP contribution in [0.15, 0.2) is 30.5 Å². The zero-order valence-electron chi connectivity index (χ0n) is 13.4. The fourth-order valence-electron chi connectivity index (χ4n) is 2.43. The Morgan fingerprint density at radius 2 is 1.87 bits per heavy atom. The number of anilines is 2. The number of ether oxygens (including phenoxy) is 1. The van der Waals surface area contributed by atoms with E-state index in [1.54, 1.807) is 0 Å². The van der Waals surface area contributed by atoms with Crippen molar-refractivity contribution in [1.82, 2.24) is 15.0 Å². The molecule has 6 nitrogen and oxygen atoms in total. The van der Waals surface area contributed by atoms with E-state index in [0.29, 0.717) is 11.5 Å². The zero-order chi connectivity index (χ0) is 16.6. The van der Waals surface area contributed by atoms with Gasteiger partial charge in [-0.1, -0.05) is 32.0 Å². The lowest BCUT2D eigenvalue weighted by Crippen LogP contribution is -2.04. The predicted molar refractivity (Wildman–Crippen MR) is 91.5 cm³/mol. The van der Waals surface area contributed by atoms with Crippen molar-refractivity contribution in [3.05, 3.63) is 41.7 Å². The highest BCUT2D eigenvalue weighted by molar-refractivity contribution is 5.83. The van der Waals surface area contributed by atoms with Crippen LogP contribution in [0.4, 0.5) is 11.8 Å². The summed E-state index contributed by atoms with van der Waals surface area (Å²) in [5, 5.41) is 1.01. The first-order chi connectivity index (χ1) is 11.0. The van der Waals surface area contributed by atoms with Gasteiger partial charge < -0.3 is 16.2 Å². The molecule has 1 aromatic carbocycles. The lowest BCUT2D eigenvalue weighted by atomic mass is 10.0.